The minimum atomic E-state index is -0.890. The first-order valence-corrected chi connectivity index (χ1v) is 5.18. The van der Waals surface area contributed by atoms with Crippen LogP contribution in [0.5, 0.6) is 0 Å². The van der Waals surface area contributed by atoms with Crippen LogP contribution in [-0.4, -0.2) is 9.55 Å². The second-order valence-corrected chi connectivity index (χ2v) is 4.01. The summed E-state index contributed by atoms with van der Waals surface area (Å²) in [7, 11) is 1.75. The fourth-order valence-corrected chi connectivity index (χ4v) is 1.73. The van der Waals surface area contributed by atoms with Crippen molar-refractivity contribution in [1.82, 2.24) is 9.55 Å². The number of benzene rings is 1. The van der Waals surface area contributed by atoms with Gasteiger partial charge >= 0.3 is 0 Å². The molecule has 0 amide bonds. The second kappa shape index (κ2) is 4.25. The van der Waals surface area contributed by atoms with E-state index in [2.05, 4.69) is 4.98 Å². The molecule has 1 unspecified atom stereocenters. The minimum absolute atomic E-state index is 0.136. The molecule has 2 N–H and O–H groups in total. The van der Waals surface area contributed by atoms with E-state index >= 15 is 0 Å². The summed E-state index contributed by atoms with van der Waals surface area (Å²) in [6.07, 6.45) is 3.11. The monoisotopic (exact) mass is 237 g/mol. The zero-order valence-corrected chi connectivity index (χ0v) is 9.61. The van der Waals surface area contributed by atoms with Gasteiger partial charge in [-0.25, -0.2) is 13.8 Å². The van der Waals surface area contributed by atoms with Crippen molar-refractivity contribution < 1.29 is 8.78 Å². The van der Waals surface area contributed by atoms with Crippen molar-refractivity contribution in [1.29, 1.82) is 0 Å². The number of hydrogen-bond acceptors (Lipinski definition) is 2. The molecule has 2 rings (SSSR count). The Bertz CT molecular complexity index is 549. The number of halogens is 2. The molecule has 0 spiro atoms. The van der Waals surface area contributed by atoms with E-state index in [1.807, 2.05) is 0 Å². The fourth-order valence-electron chi connectivity index (χ4n) is 1.73. The van der Waals surface area contributed by atoms with Gasteiger partial charge in [-0.1, -0.05) is 12.1 Å². The number of nitrogens with zero attached hydrogens (tertiary/aromatic N) is 2. The second-order valence-electron chi connectivity index (χ2n) is 4.01. The Hall–Kier alpha value is -1.75. The molecule has 2 aromatic rings. The Labute approximate surface area is 97.9 Å². The first-order chi connectivity index (χ1) is 8.02. The Balaban J connectivity index is 2.48. The highest BCUT2D eigenvalue weighted by Gasteiger charge is 2.19. The third-order valence-corrected chi connectivity index (χ3v) is 2.81. The molecule has 1 heterocycles. The summed E-state index contributed by atoms with van der Waals surface area (Å²) >= 11 is 0. The summed E-state index contributed by atoms with van der Waals surface area (Å²) in [6, 6.07) is 2.30. The smallest absolute Gasteiger partial charge is 0.164 e. The summed E-state index contributed by atoms with van der Waals surface area (Å²) in [5.41, 5.74) is 6.95. The standard InChI is InChI=1S/C12H13F2N3/c1-7-3-4-8(11(14)10(7)13)12(15)9-5-16-6-17(9)2/h3-6,12H,15H2,1-2H3. The van der Waals surface area contributed by atoms with Gasteiger partial charge in [0.05, 0.1) is 24.3 Å². The third-order valence-electron chi connectivity index (χ3n) is 2.81. The average molecular weight is 237 g/mol. The maximum absolute atomic E-state index is 13.8. The van der Waals surface area contributed by atoms with E-state index in [9.17, 15) is 8.78 Å². The Morgan fingerprint density at radius 3 is 2.59 bits per heavy atom. The van der Waals surface area contributed by atoms with Crippen LogP contribution in [0.25, 0.3) is 0 Å². The Kier molecular flexibility index (Phi) is 2.93. The molecule has 0 aliphatic heterocycles. The molecule has 1 aromatic heterocycles. The maximum atomic E-state index is 13.8. The minimum Gasteiger partial charge on any atom is -0.336 e. The van der Waals surface area contributed by atoms with Crippen LogP contribution in [0, 0.1) is 18.6 Å². The lowest BCUT2D eigenvalue weighted by molar-refractivity contribution is 0.487. The SMILES string of the molecule is Cc1ccc(C(N)c2cncn2C)c(F)c1F. The quantitative estimate of drug-likeness (QED) is 0.868. The van der Waals surface area contributed by atoms with E-state index in [0.29, 0.717) is 5.69 Å². The molecule has 0 saturated heterocycles. The zero-order chi connectivity index (χ0) is 12.6. The molecule has 3 nitrogen and oxygen atoms in total. The van der Waals surface area contributed by atoms with E-state index in [0.717, 1.165) is 0 Å². The van der Waals surface area contributed by atoms with Crippen LogP contribution >= 0.6 is 0 Å². The largest absolute Gasteiger partial charge is 0.336 e. The number of hydrogen-bond donors (Lipinski definition) is 1. The maximum Gasteiger partial charge on any atom is 0.164 e. The van der Waals surface area contributed by atoms with Crippen LogP contribution in [0.2, 0.25) is 0 Å². The normalized spacial score (nSPS) is 12.8. The van der Waals surface area contributed by atoms with E-state index in [1.165, 1.54) is 19.1 Å². The van der Waals surface area contributed by atoms with E-state index in [-0.39, 0.29) is 11.1 Å². The van der Waals surface area contributed by atoms with Crippen molar-refractivity contribution in [3.05, 3.63) is 53.1 Å². The van der Waals surface area contributed by atoms with Gasteiger partial charge in [-0.05, 0) is 12.5 Å². The van der Waals surface area contributed by atoms with Gasteiger partial charge in [-0.2, -0.15) is 0 Å². The zero-order valence-electron chi connectivity index (χ0n) is 9.61. The summed E-state index contributed by atoms with van der Waals surface area (Å²) in [4.78, 5) is 3.90. The van der Waals surface area contributed by atoms with E-state index in [1.54, 1.807) is 24.1 Å². The molecule has 5 heteroatoms. The van der Waals surface area contributed by atoms with Crippen molar-refractivity contribution >= 4 is 0 Å². The molecule has 1 aromatic carbocycles. The molecule has 0 bridgehead atoms. The lowest BCUT2D eigenvalue weighted by Gasteiger charge is -2.14. The van der Waals surface area contributed by atoms with Crippen molar-refractivity contribution in [2.24, 2.45) is 12.8 Å². The Morgan fingerprint density at radius 1 is 1.29 bits per heavy atom. The average Bonchev–Trinajstić information content (AvgIpc) is 2.72. The predicted molar refractivity (Wildman–Crippen MR) is 60.3 cm³/mol. The molecule has 0 fully saturated rings. The molecular formula is C12H13F2N3. The molecule has 90 valence electrons. The molecule has 0 saturated carbocycles. The first kappa shape index (κ1) is 11.7. The molecule has 17 heavy (non-hydrogen) atoms. The van der Waals surface area contributed by atoms with Gasteiger partial charge in [0.2, 0.25) is 0 Å². The van der Waals surface area contributed by atoms with Crippen LogP contribution in [-0.2, 0) is 7.05 Å². The molecule has 0 radical (unpaired) electrons. The summed E-state index contributed by atoms with van der Waals surface area (Å²) < 4.78 is 28.9. The van der Waals surface area contributed by atoms with Crippen molar-refractivity contribution in [3.8, 4) is 0 Å². The van der Waals surface area contributed by atoms with Gasteiger partial charge in [0.15, 0.2) is 11.6 Å². The molecule has 1 atom stereocenters. The van der Waals surface area contributed by atoms with E-state index in [4.69, 9.17) is 5.73 Å². The van der Waals surface area contributed by atoms with Crippen LogP contribution in [0.1, 0.15) is 22.9 Å². The van der Waals surface area contributed by atoms with Gasteiger partial charge in [-0.3, -0.25) is 0 Å². The number of nitrogens with two attached hydrogens (primary N) is 1. The first-order valence-electron chi connectivity index (χ1n) is 5.18. The summed E-state index contributed by atoms with van der Waals surface area (Å²) in [6.45, 7) is 1.51. The van der Waals surface area contributed by atoms with Crippen molar-refractivity contribution in [3.63, 3.8) is 0 Å². The number of imidazole rings is 1. The highest BCUT2D eigenvalue weighted by Crippen LogP contribution is 2.24. The predicted octanol–water partition coefficient (Wildman–Crippen LogP) is 2.05. The van der Waals surface area contributed by atoms with E-state index < -0.39 is 17.7 Å². The van der Waals surface area contributed by atoms with Gasteiger partial charge in [0.1, 0.15) is 0 Å². The number of aromatic nitrogens is 2. The third kappa shape index (κ3) is 1.93. The fraction of sp³-hybridized carbons (Fsp3) is 0.250. The van der Waals surface area contributed by atoms with Crippen LogP contribution < -0.4 is 5.73 Å². The lowest BCUT2D eigenvalue weighted by Crippen LogP contribution is -2.17. The van der Waals surface area contributed by atoms with Crippen molar-refractivity contribution in [2.45, 2.75) is 13.0 Å². The van der Waals surface area contributed by atoms with Crippen LogP contribution in [0.3, 0.4) is 0 Å². The van der Waals surface area contributed by atoms with Gasteiger partial charge < -0.3 is 10.3 Å². The van der Waals surface area contributed by atoms with Crippen LogP contribution in [0.15, 0.2) is 24.7 Å². The summed E-state index contributed by atoms with van der Waals surface area (Å²) in [5, 5.41) is 0. The molecular weight excluding hydrogens is 224 g/mol. The highest BCUT2D eigenvalue weighted by molar-refractivity contribution is 5.32. The van der Waals surface area contributed by atoms with Gasteiger partial charge in [-0.15, -0.1) is 0 Å². The molecule has 0 aliphatic carbocycles. The highest BCUT2D eigenvalue weighted by atomic mass is 19.2. The number of rotatable bonds is 2. The van der Waals surface area contributed by atoms with Gasteiger partial charge in [0, 0.05) is 12.6 Å². The number of aryl methyl sites for hydroxylation is 2. The topological polar surface area (TPSA) is 43.8 Å². The lowest BCUT2D eigenvalue weighted by atomic mass is 10.0. The summed E-state index contributed by atoms with van der Waals surface area (Å²) in [5.74, 6) is -1.74. The van der Waals surface area contributed by atoms with Gasteiger partial charge in [0.25, 0.3) is 0 Å². The van der Waals surface area contributed by atoms with Crippen LogP contribution in [0.4, 0.5) is 8.78 Å². The Morgan fingerprint density at radius 2 is 2.00 bits per heavy atom. The molecule has 0 aliphatic rings. The van der Waals surface area contributed by atoms with Crippen molar-refractivity contribution in [2.75, 3.05) is 0 Å².